The first kappa shape index (κ1) is 46.4. The average molecular weight is 979 g/mol. The molecule has 0 aliphatic heterocycles. The summed E-state index contributed by atoms with van der Waals surface area (Å²) in [7, 11) is 0. The van der Waals surface area contributed by atoms with Gasteiger partial charge >= 0.3 is 0 Å². The van der Waals surface area contributed by atoms with Crippen LogP contribution in [0.4, 0.5) is 34.1 Å². The highest BCUT2D eigenvalue weighted by Gasteiger charge is 2.31. The maximum atomic E-state index is 2.56. The van der Waals surface area contributed by atoms with Crippen molar-refractivity contribution in [2.45, 2.75) is 39.5 Å². The van der Waals surface area contributed by atoms with E-state index in [1.54, 1.807) is 0 Å². The molecule has 0 aliphatic rings. The number of hydrogen-bond donors (Lipinski definition) is 0. The summed E-state index contributed by atoms with van der Waals surface area (Å²) in [4.78, 5) is 4.73. The van der Waals surface area contributed by atoms with Gasteiger partial charge in [0, 0.05) is 72.9 Å². The zero-order valence-electron chi connectivity index (χ0n) is 43.4. The van der Waals surface area contributed by atoms with Gasteiger partial charge in [-0.15, -0.1) is 0 Å². The number of benzene rings is 11. The molecule has 0 saturated heterocycles. The van der Waals surface area contributed by atoms with Gasteiger partial charge in [0.15, 0.2) is 0 Å². The topological polar surface area (TPSA) is 16.3 Å². The molecule has 11 aromatic carbocycles. The fourth-order valence-electron chi connectivity index (χ4n) is 11.8. The quantitative estimate of drug-likeness (QED) is 0.128. The molecule has 76 heavy (non-hydrogen) atoms. The van der Waals surface area contributed by atoms with Gasteiger partial charge < -0.3 is 18.9 Å². The lowest BCUT2D eigenvalue weighted by Gasteiger charge is -2.27. The second-order valence-electron chi connectivity index (χ2n) is 20.8. The monoisotopic (exact) mass is 978 g/mol. The van der Waals surface area contributed by atoms with E-state index in [0.29, 0.717) is 0 Å². The van der Waals surface area contributed by atoms with Gasteiger partial charge in [-0.2, -0.15) is 0 Å². The molecular formula is C72H58N4. The minimum Gasteiger partial charge on any atom is -0.313 e. The summed E-state index contributed by atoms with van der Waals surface area (Å²) in [5.41, 5.74) is 18.5. The predicted octanol–water partition coefficient (Wildman–Crippen LogP) is 20.0. The summed E-state index contributed by atoms with van der Waals surface area (Å²) in [5, 5.41) is 7.44. The summed E-state index contributed by atoms with van der Waals surface area (Å²) in [6.45, 7) is 9.45. The van der Waals surface area contributed by atoms with E-state index in [9.17, 15) is 0 Å². The van der Waals surface area contributed by atoms with Crippen LogP contribution in [0.15, 0.2) is 267 Å². The largest absolute Gasteiger partial charge is 0.313 e. The van der Waals surface area contributed by atoms with Crippen LogP contribution in [0.5, 0.6) is 0 Å². The molecule has 13 aromatic rings. The van der Waals surface area contributed by atoms with E-state index in [0.717, 1.165) is 57.5 Å². The minimum atomic E-state index is -0.195. The summed E-state index contributed by atoms with van der Waals surface area (Å²) in [6.07, 6.45) is 0.871. The summed E-state index contributed by atoms with van der Waals surface area (Å²) >= 11 is 0. The third-order valence-electron chi connectivity index (χ3n) is 15.1. The van der Waals surface area contributed by atoms with Crippen molar-refractivity contribution in [2.24, 2.45) is 0 Å². The van der Waals surface area contributed by atoms with Crippen LogP contribution in [-0.4, -0.2) is 9.13 Å². The first-order chi connectivity index (χ1) is 37.3. The van der Waals surface area contributed by atoms with Crippen molar-refractivity contribution in [3.63, 3.8) is 0 Å². The number of aryl methyl sites for hydroxylation is 1. The Morgan fingerprint density at radius 1 is 0.342 bits per heavy atom. The molecule has 0 bridgehead atoms. The van der Waals surface area contributed by atoms with Crippen LogP contribution in [0.2, 0.25) is 0 Å². The van der Waals surface area contributed by atoms with Crippen LogP contribution in [0.25, 0.3) is 77.1 Å². The van der Waals surface area contributed by atoms with Crippen LogP contribution in [0.1, 0.15) is 39.0 Å². The van der Waals surface area contributed by atoms with Crippen molar-refractivity contribution in [3.8, 4) is 33.8 Å². The predicted molar refractivity (Wildman–Crippen MR) is 323 cm³/mol. The Bertz CT molecular complexity index is 4210. The second-order valence-corrected chi connectivity index (χ2v) is 20.8. The van der Waals surface area contributed by atoms with Crippen molar-refractivity contribution in [1.82, 2.24) is 9.13 Å². The van der Waals surface area contributed by atoms with Crippen molar-refractivity contribution in [1.29, 1.82) is 0 Å². The number of hydrogen-bond acceptors (Lipinski definition) is 2. The van der Waals surface area contributed by atoms with Crippen LogP contribution in [0, 0.1) is 0 Å². The molecule has 4 nitrogen and oxygen atoms in total. The smallest absolute Gasteiger partial charge is 0.0619 e. The Kier molecular flexibility index (Phi) is 11.7. The first-order valence-corrected chi connectivity index (χ1v) is 26.6. The highest BCUT2D eigenvalue weighted by molar-refractivity contribution is 6.20. The Labute approximate surface area is 445 Å². The van der Waals surface area contributed by atoms with E-state index >= 15 is 0 Å². The molecule has 366 valence electrons. The highest BCUT2D eigenvalue weighted by Crippen LogP contribution is 2.50. The Balaban J connectivity index is 1.03. The van der Waals surface area contributed by atoms with E-state index in [1.165, 1.54) is 71.4 Å². The molecule has 0 spiro atoms. The minimum absolute atomic E-state index is 0.195. The molecular weight excluding hydrogens is 921 g/mol. The number of rotatable bonds is 11. The summed E-state index contributed by atoms with van der Waals surface area (Å²) in [5.74, 6) is 0. The van der Waals surface area contributed by atoms with Gasteiger partial charge in [0.25, 0.3) is 0 Å². The third kappa shape index (κ3) is 8.11. The van der Waals surface area contributed by atoms with Gasteiger partial charge in [-0.05, 0) is 154 Å². The van der Waals surface area contributed by atoms with E-state index in [1.807, 2.05) is 0 Å². The van der Waals surface area contributed by atoms with Crippen LogP contribution < -0.4 is 9.80 Å². The fraction of sp³-hybridized carbons (Fsp3) is 0.0833. The maximum Gasteiger partial charge on any atom is 0.0619 e. The number of anilines is 6. The molecule has 0 saturated carbocycles. The van der Waals surface area contributed by atoms with E-state index in [4.69, 9.17) is 0 Å². The molecule has 4 heteroatoms. The van der Waals surface area contributed by atoms with Crippen molar-refractivity contribution < 1.29 is 0 Å². The normalized spacial score (nSPS) is 11.7. The molecule has 0 aliphatic carbocycles. The fourth-order valence-corrected chi connectivity index (χ4v) is 11.8. The zero-order valence-corrected chi connectivity index (χ0v) is 43.4. The lowest BCUT2D eigenvalue weighted by atomic mass is 9.86. The van der Waals surface area contributed by atoms with Gasteiger partial charge in [0.1, 0.15) is 0 Å². The molecule has 0 N–H and O–H groups in total. The number of para-hydroxylation sites is 2. The summed E-state index contributed by atoms with van der Waals surface area (Å²) < 4.78 is 5.08. The van der Waals surface area contributed by atoms with Crippen LogP contribution in [-0.2, 0) is 11.8 Å². The van der Waals surface area contributed by atoms with Crippen molar-refractivity contribution >= 4 is 77.5 Å². The third-order valence-corrected chi connectivity index (χ3v) is 15.1. The SMILES string of the molecule is CCc1c(C(C)(C)C)n(-c2ccc(N(c3ccccc3)c3ccc4ccccc4c3)cc2)c2ccc3c(c(-c4ccccc4)c(-c4ccccc4)n3-c3ccc(N(c4ccccc4)c4ccc5ccccc5c4)cc3)c12. The Morgan fingerprint density at radius 2 is 0.724 bits per heavy atom. The summed E-state index contributed by atoms with van der Waals surface area (Å²) in [6, 6.07) is 97.3. The maximum absolute atomic E-state index is 2.56. The van der Waals surface area contributed by atoms with Gasteiger partial charge in [0.2, 0.25) is 0 Å². The Hall–Kier alpha value is -9.38. The highest BCUT2D eigenvalue weighted by atomic mass is 15.1. The van der Waals surface area contributed by atoms with E-state index < -0.39 is 0 Å². The van der Waals surface area contributed by atoms with Crippen molar-refractivity contribution in [2.75, 3.05) is 9.80 Å². The van der Waals surface area contributed by atoms with Crippen LogP contribution >= 0.6 is 0 Å². The standard InChI is InChI=1S/C72H58N4/c1-5-64-68-65(76(71(64)72(2,3)4)61-44-40-59(41-45-61)74(57-32-16-9-17-33-57)63-37-35-51-23-19-21-29-55(51)49-63)46-47-66-69(68)67(52-24-10-6-11-25-52)70(53-26-12-7-13-27-53)75(66)60-42-38-58(39-43-60)73(56-30-14-8-15-31-56)62-36-34-50-22-18-20-28-54(50)48-62/h6-49H,5H2,1-4H3. The number of fused-ring (bicyclic) bond motifs is 5. The molecule has 0 atom stereocenters. The Morgan fingerprint density at radius 3 is 1.18 bits per heavy atom. The van der Waals surface area contributed by atoms with Crippen molar-refractivity contribution in [3.05, 3.63) is 278 Å². The first-order valence-electron chi connectivity index (χ1n) is 26.6. The van der Waals surface area contributed by atoms with Gasteiger partial charge in [-0.3, -0.25) is 0 Å². The van der Waals surface area contributed by atoms with Gasteiger partial charge in [-0.25, -0.2) is 0 Å². The second kappa shape index (κ2) is 19.1. The molecule has 0 radical (unpaired) electrons. The molecule has 0 fully saturated rings. The number of nitrogens with zero attached hydrogens (tertiary/aromatic N) is 4. The molecule has 0 amide bonds. The van der Waals surface area contributed by atoms with Gasteiger partial charge in [0.05, 0.1) is 16.7 Å². The molecule has 13 rings (SSSR count). The lowest BCUT2D eigenvalue weighted by molar-refractivity contribution is 0.553. The zero-order chi connectivity index (χ0) is 51.3. The molecule has 2 aromatic heterocycles. The van der Waals surface area contributed by atoms with Gasteiger partial charge in [-0.1, -0.05) is 185 Å². The molecule has 2 heterocycles. The van der Waals surface area contributed by atoms with E-state index in [-0.39, 0.29) is 5.41 Å². The molecule has 0 unspecified atom stereocenters. The average Bonchev–Trinajstić information content (AvgIpc) is 4.12. The number of aromatic nitrogens is 2. The lowest BCUT2D eigenvalue weighted by Crippen LogP contribution is -2.19. The van der Waals surface area contributed by atoms with E-state index in [2.05, 4.69) is 314 Å². The van der Waals surface area contributed by atoms with Crippen LogP contribution in [0.3, 0.4) is 0 Å².